The molecule has 6 heteroatoms. The number of amides is 2. The van der Waals surface area contributed by atoms with Crippen molar-refractivity contribution in [3.05, 3.63) is 130 Å². The zero-order valence-corrected chi connectivity index (χ0v) is 22.1. The highest BCUT2D eigenvalue weighted by Crippen LogP contribution is 2.39. The number of aryl methyl sites for hydroxylation is 4. The number of fused-ring (bicyclic) bond motifs is 3. The van der Waals surface area contributed by atoms with Crippen LogP contribution in [0.15, 0.2) is 91.1 Å². The molecule has 6 nitrogen and oxygen atoms in total. The van der Waals surface area contributed by atoms with Crippen molar-refractivity contribution in [1.29, 1.82) is 0 Å². The van der Waals surface area contributed by atoms with E-state index in [4.69, 9.17) is 5.10 Å². The molecule has 5 aromatic rings. The number of carbonyl (C=O) groups excluding carboxylic acids is 1. The van der Waals surface area contributed by atoms with Crippen LogP contribution >= 0.6 is 0 Å². The summed E-state index contributed by atoms with van der Waals surface area (Å²) < 4.78 is 4.19. The van der Waals surface area contributed by atoms with E-state index in [-0.39, 0.29) is 12.1 Å². The van der Waals surface area contributed by atoms with Crippen LogP contribution in [0.5, 0.6) is 0 Å². The number of nitrogens with zero attached hydrogens (tertiary/aromatic N) is 4. The van der Waals surface area contributed by atoms with Gasteiger partial charge in [0, 0.05) is 17.4 Å². The minimum atomic E-state index is -0.285. The Morgan fingerprint density at radius 3 is 2.45 bits per heavy atom. The lowest BCUT2D eigenvalue weighted by atomic mass is 10.00. The van der Waals surface area contributed by atoms with Gasteiger partial charge < -0.3 is 14.8 Å². The topological polar surface area (TPSA) is 55.1 Å². The number of rotatable bonds is 3. The second-order valence-electron chi connectivity index (χ2n) is 10.1. The number of hydrogen-bond acceptors (Lipinski definition) is 2. The van der Waals surface area contributed by atoms with E-state index >= 15 is 0 Å². The molecule has 0 radical (unpaired) electrons. The van der Waals surface area contributed by atoms with Gasteiger partial charge in [-0.3, -0.25) is 0 Å². The Balaban J connectivity index is 1.53. The van der Waals surface area contributed by atoms with Gasteiger partial charge in [-0.05, 0) is 80.8 Å². The standard InChI is InChI=1S/C32H31N5O/c1-21-10-8-11-25(18-21)30-29-14-9-17-35(29)31-28(24(4)34-37(31)27-12-6-5-7-13-27)20-36(30)32(38)33-26-16-15-22(2)23(3)19-26/h5-19,30H,20H2,1-4H3,(H,33,38)/t30-/m1/s1. The molecule has 1 aliphatic rings. The molecule has 1 aliphatic heterocycles. The quantitative estimate of drug-likeness (QED) is 0.288. The van der Waals surface area contributed by atoms with E-state index in [1.54, 1.807) is 0 Å². The zero-order chi connectivity index (χ0) is 26.4. The first-order valence-corrected chi connectivity index (χ1v) is 12.9. The molecular formula is C32H31N5O. The van der Waals surface area contributed by atoms with Crippen molar-refractivity contribution in [2.45, 2.75) is 40.3 Å². The average Bonchev–Trinajstić information content (AvgIpc) is 3.47. The first-order valence-electron chi connectivity index (χ1n) is 12.9. The van der Waals surface area contributed by atoms with Crippen LogP contribution in [0.25, 0.3) is 11.5 Å². The van der Waals surface area contributed by atoms with Gasteiger partial charge >= 0.3 is 6.03 Å². The fourth-order valence-electron chi connectivity index (χ4n) is 5.35. The minimum absolute atomic E-state index is 0.146. The van der Waals surface area contributed by atoms with Crippen LogP contribution in [0.2, 0.25) is 0 Å². The third-order valence-corrected chi connectivity index (χ3v) is 7.46. The predicted molar refractivity (Wildman–Crippen MR) is 151 cm³/mol. The molecule has 38 heavy (non-hydrogen) atoms. The van der Waals surface area contributed by atoms with Crippen LogP contribution in [-0.2, 0) is 6.54 Å². The summed E-state index contributed by atoms with van der Waals surface area (Å²) in [6, 6.07) is 28.3. The molecule has 0 saturated carbocycles. The minimum Gasteiger partial charge on any atom is -0.308 e. The Labute approximate surface area is 223 Å². The van der Waals surface area contributed by atoms with Crippen molar-refractivity contribution in [3.8, 4) is 11.5 Å². The van der Waals surface area contributed by atoms with E-state index in [0.717, 1.165) is 50.8 Å². The molecule has 190 valence electrons. The maximum Gasteiger partial charge on any atom is 0.322 e. The second-order valence-corrected chi connectivity index (χ2v) is 10.1. The Morgan fingerprint density at radius 1 is 0.868 bits per heavy atom. The largest absolute Gasteiger partial charge is 0.322 e. The average molecular weight is 502 g/mol. The number of aromatic nitrogens is 3. The van der Waals surface area contributed by atoms with E-state index < -0.39 is 0 Å². The first kappa shape index (κ1) is 23.8. The number of nitrogens with one attached hydrogen (secondary N) is 1. The Morgan fingerprint density at radius 2 is 1.68 bits per heavy atom. The van der Waals surface area contributed by atoms with Gasteiger partial charge in [0.05, 0.1) is 29.7 Å². The van der Waals surface area contributed by atoms with Gasteiger partial charge in [-0.2, -0.15) is 5.10 Å². The predicted octanol–water partition coefficient (Wildman–Crippen LogP) is 7.03. The monoisotopic (exact) mass is 501 g/mol. The molecule has 3 heterocycles. The van der Waals surface area contributed by atoms with Crippen LogP contribution < -0.4 is 5.32 Å². The molecule has 0 saturated heterocycles. The fraction of sp³-hybridized carbons (Fsp3) is 0.188. The molecular weight excluding hydrogens is 470 g/mol. The lowest BCUT2D eigenvalue weighted by Crippen LogP contribution is -2.38. The zero-order valence-electron chi connectivity index (χ0n) is 22.1. The molecule has 6 rings (SSSR count). The smallest absolute Gasteiger partial charge is 0.308 e. The van der Waals surface area contributed by atoms with Crippen LogP contribution in [-0.4, -0.2) is 25.3 Å². The summed E-state index contributed by atoms with van der Waals surface area (Å²) in [5, 5.41) is 8.12. The summed E-state index contributed by atoms with van der Waals surface area (Å²) in [7, 11) is 0. The second kappa shape index (κ2) is 9.38. The van der Waals surface area contributed by atoms with Gasteiger partial charge in [0.2, 0.25) is 0 Å². The molecule has 0 spiro atoms. The highest BCUT2D eigenvalue weighted by atomic mass is 16.2. The summed E-state index contributed by atoms with van der Waals surface area (Å²) in [4.78, 5) is 16.0. The van der Waals surface area contributed by atoms with Crippen molar-refractivity contribution in [2.24, 2.45) is 0 Å². The molecule has 0 aliphatic carbocycles. The van der Waals surface area contributed by atoms with Crippen LogP contribution in [0, 0.1) is 27.7 Å². The van der Waals surface area contributed by atoms with Crippen molar-refractivity contribution in [1.82, 2.24) is 19.2 Å². The van der Waals surface area contributed by atoms with E-state index in [0.29, 0.717) is 6.54 Å². The molecule has 2 amide bonds. The van der Waals surface area contributed by atoms with E-state index in [1.807, 2.05) is 59.0 Å². The molecule has 0 bridgehead atoms. The lowest BCUT2D eigenvalue weighted by molar-refractivity contribution is 0.194. The summed E-state index contributed by atoms with van der Waals surface area (Å²) in [6.45, 7) is 8.67. The molecule has 3 aromatic carbocycles. The normalized spacial score (nSPS) is 14.5. The van der Waals surface area contributed by atoms with Gasteiger partial charge in [-0.15, -0.1) is 0 Å². The molecule has 0 unspecified atom stereocenters. The SMILES string of the molecule is Cc1cccc([C@@H]2c3cccn3-c3c(c(C)nn3-c3ccccc3)CN2C(=O)Nc2ccc(C)c(C)c2)c1. The Kier molecular flexibility index (Phi) is 5.87. The molecule has 1 N–H and O–H groups in total. The van der Waals surface area contributed by atoms with Crippen LogP contribution in [0.3, 0.4) is 0 Å². The number of para-hydroxylation sites is 1. The third-order valence-electron chi connectivity index (χ3n) is 7.46. The molecule has 1 atom stereocenters. The van der Waals surface area contributed by atoms with E-state index in [1.165, 1.54) is 5.56 Å². The maximum absolute atomic E-state index is 14.1. The summed E-state index contributed by atoms with van der Waals surface area (Å²) in [6.07, 6.45) is 2.07. The highest BCUT2D eigenvalue weighted by molar-refractivity contribution is 5.90. The summed E-state index contributed by atoms with van der Waals surface area (Å²) in [5.41, 5.74) is 9.28. The highest BCUT2D eigenvalue weighted by Gasteiger charge is 2.36. The number of anilines is 1. The Bertz CT molecular complexity index is 1650. The number of urea groups is 1. The van der Waals surface area contributed by atoms with Crippen molar-refractivity contribution in [3.63, 3.8) is 0 Å². The summed E-state index contributed by atoms with van der Waals surface area (Å²) in [5.74, 6) is 0.966. The lowest BCUT2D eigenvalue weighted by Gasteiger charge is -2.31. The first-order chi connectivity index (χ1) is 18.4. The van der Waals surface area contributed by atoms with Crippen molar-refractivity contribution < 1.29 is 4.79 Å². The van der Waals surface area contributed by atoms with Crippen molar-refractivity contribution >= 4 is 11.7 Å². The van der Waals surface area contributed by atoms with E-state index in [9.17, 15) is 4.79 Å². The number of carbonyl (C=O) groups is 1. The third kappa shape index (κ3) is 4.08. The van der Waals surface area contributed by atoms with Crippen molar-refractivity contribution in [2.75, 3.05) is 5.32 Å². The van der Waals surface area contributed by atoms with Crippen LogP contribution in [0.1, 0.15) is 45.2 Å². The van der Waals surface area contributed by atoms with Gasteiger partial charge in [0.1, 0.15) is 5.82 Å². The number of hydrogen-bond donors (Lipinski definition) is 1. The van der Waals surface area contributed by atoms with Gasteiger partial charge in [-0.1, -0.05) is 54.1 Å². The molecule has 2 aromatic heterocycles. The van der Waals surface area contributed by atoms with Crippen LogP contribution in [0.4, 0.5) is 10.5 Å². The number of benzene rings is 3. The van der Waals surface area contributed by atoms with Gasteiger partial charge in [0.15, 0.2) is 0 Å². The van der Waals surface area contributed by atoms with E-state index in [2.05, 4.69) is 79.3 Å². The summed E-state index contributed by atoms with van der Waals surface area (Å²) >= 11 is 0. The van der Waals surface area contributed by atoms with Gasteiger partial charge in [-0.25, -0.2) is 9.48 Å². The van der Waals surface area contributed by atoms with Gasteiger partial charge in [0.25, 0.3) is 0 Å². The maximum atomic E-state index is 14.1. The Hall–Kier alpha value is -4.58. The fourth-order valence-corrected chi connectivity index (χ4v) is 5.35. The molecule has 0 fully saturated rings.